The molecule has 5 heteroatoms. The highest BCUT2D eigenvalue weighted by molar-refractivity contribution is 9.11. The van der Waals surface area contributed by atoms with Crippen molar-refractivity contribution in [1.29, 1.82) is 0 Å². The minimum Gasteiger partial charge on any atom is -0.340 e. The van der Waals surface area contributed by atoms with Gasteiger partial charge in [-0.05, 0) is 57.9 Å². The molecule has 0 aliphatic heterocycles. The van der Waals surface area contributed by atoms with Crippen LogP contribution in [-0.2, 0) is 6.54 Å². The Hall–Kier alpha value is -1.07. The first kappa shape index (κ1) is 12.9. The average Bonchev–Trinajstić information content (AvgIpc) is 2.97. The van der Waals surface area contributed by atoms with Gasteiger partial charge in [-0.25, -0.2) is 0 Å². The number of hydrogen-bond donors (Lipinski definition) is 0. The summed E-state index contributed by atoms with van der Waals surface area (Å²) in [7, 11) is 1.86. The van der Waals surface area contributed by atoms with E-state index in [1.165, 1.54) is 12.8 Å². The third kappa shape index (κ3) is 2.77. The van der Waals surface area contributed by atoms with E-state index < -0.39 is 0 Å². The molecular weight excluding hydrogens is 324 g/mol. The second-order valence-electron chi connectivity index (χ2n) is 4.95. The van der Waals surface area contributed by atoms with Gasteiger partial charge in [0.05, 0.1) is 3.79 Å². The molecule has 1 aliphatic rings. The van der Waals surface area contributed by atoms with Crippen molar-refractivity contribution in [3.63, 3.8) is 0 Å². The van der Waals surface area contributed by atoms with Crippen LogP contribution >= 0.6 is 27.3 Å². The molecule has 19 heavy (non-hydrogen) atoms. The lowest BCUT2D eigenvalue weighted by Crippen LogP contribution is -2.27. The van der Waals surface area contributed by atoms with Crippen molar-refractivity contribution < 1.29 is 4.79 Å². The molecule has 0 aromatic carbocycles. The summed E-state index contributed by atoms with van der Waals surface area (Å²) in [6.07, 6.45) is 4.40. The second kappa shape index (κ2) is 5.13. The molecular formula is C14H15BrN2OS. The number of nitrogens with zero attached hydrogens (tertiary/aromatic N) is 2. The van der Waals surface area contributed by atoms with Crippen LogP contribution in [0.5, 0.6) is 0 Å². The zero-order valence-electron chi connectivity index (χ0n) is 10.7. The summed E-state index contributed by atoms with van der Waals surface area (Å²) in [5.41, 5.74) is 1.97. The molecule has 0 atom stereocenters. The van der Waals surface area contributed by atoms with Crippen LogP contribution in [0.3, 0.4) is 0 Å². The lowest BCUT2D eigenvalue weighted by atomic mass is 10.3. The molecule has 2 aromatic heterocycles. The van der Waals surface area contributed by atoms with Gasteiger partial charge in [0.15, 0.2) is 0 Å². The molecule has 3 nitrogen and oxygen atoms in total. The highest BCUT2D eigenvalue weighted by Gasteiger charge is 2.27. The van der Waals surface area contributed by atoms with Gasteiger partial charge in [0.2, 0.25) is 0 Å². The van der Waals surface area contributed by atoms with Crippen LogP contribution in [0, 0.1) is 0 Å². The smallest absolute Gasteiger partial charge is 0.270 e. The molecule has 0 bridgehead atoms. The summed E-state index contributed by atoms with van der Waals surface area (Å²) in [4.78, 5) is 14.2. The Morgan fingerprint density at radius 1 is 1.58 bits per heavy atom. The van der Waals surface area contributed by atoms with Crippen molar-refractivity contribution in [3.8, 4) is 0 Å². The highest BCUT2D eigenvalue weighted by atomic mass is 79.9. The van der Waals surface area contributed by atoms with Crippen molar-refractivity contribution in [1.82, 2.24) is 9.47 Å². The molecule has 100 valence electrons. The lowest BCUT2D eigenvalue weighted by Gasteiger charge is -2.17. The average molecular weight is 339 g/mol. The Labute approximate surface area is 125 Å². The Morgan fingerprint density at radius 3 is 3.00 bits per heavy atom. The normalized spacial score (nSPS) is 14.6. The van der Waals surface area contributed by atoms with Gasteiger partial charge in [-0.3, -0.25) is 4.79 Å². The first-order valence-corrected chi connectivity index (χ1v) is 7.97. The third-order valence-electron chi connectivity index (χ3n) is 3.33. The minimum atomic E-state index is 0.0965. The molecule has 2 aromatic rings. The minimum absolute atomic E-state index is 0.0965. The fourth-order valence-electron chi connectivity index (χ4n) is 2.22. The maximum Gasteiger partial charge on any atom is 0.270 e. The molecule has 1 aliphatic carbocycles. The van der Waals surface area contributed by atoms with Gasteiger partial charge in [0.1, 0.15) is 5.69 Å². The van der Waals surface area contributed by atoms with Crippen LogP contribution in [-0.4, -0.2) is 22.4 Å². The highest BCUT2D eigenvalue weighted by Crippen LogP contribution is 2.36. The van der Waals surface area contributed by atoms with E-state index in [-0.39, 0.29) is 5.91 Å². The predicted octanol–water partition coefficient (Wildman–Crippen LogP) is 3.92. The third-order valence-corrected chi connectivity index (χ3v) is 4.88. The molecule has 0 spiro atoms. The molecule has 0 radical (unpaired) electrons. The fourth-order valence-corrected chi connectivity index (χ4v) is 3.42. The monoisotopic (exact) mass is 338 g/mol. The lowest BCUT2D eigenvalue weighted by molar-refractivity contribution is 0.0774. The second-order valence-corrected chi connectivity index (χ2v) is 7.24. The fraction of sp³-hybridized carbons (Fsp3) is 0.357. The molecule has 2 heterocycles. The SMILES string of the molecule is CN(Cc1csc(Br)c1)C(=O)c1cccn1C1CC1. The molecule has 0 N–H and O–H groups in total. The standard InChI is InChI=1S/C14H15BrN2OS/c1-16(8-10-7-13(15)19-9-10)14(18)12-3-2-6-17(12)11-4-5-11/h2-3,6-7,9,11H,4-5,8H2,1H3. The van der Waals surface area contributed by atoms with Gasteiger partial charge < -0.3 is 9.47 Å². The van der Waals surface area contributed by atoms with Crippen LogP contribution in [0.25, 0.3) is 0 Å². The number of carbonyl (C=O) groups excluding carboxylic acids is 1. The quantitative estimate of drug-likeness (QED) is 0.829. The van der Waals surface area contributed by atoms with Gasteiger partial charge in [-0.1, -0.05) is 0 Å². The molecule has 1 saturated carbocycles. The topological polar surface area (TPSA) is 25.2 Å². The van der Waals surface area contributed by atoms with Crippen LogP contribution < -0.4 is 0 Å². The summed E-state index contributed by atoms with van der Waals surface area (Å²) >= 11 is 5.09. The van der Waals surface area contributed by atoms with E-state index in [2.05, 4.69) is 31.9 Å². The van der Waals surface area contributed by atoms with Gasteiger partial charge in [0, 0.05) is 25.8 Å². The number of thiophene rings is 1. The summed E-state index contributed by atoms with van der Waals surface area (Å²) in [5, 5.41) is 2.08. The van der Waals surface area contributed by atoms with Crippen LogP contribution in [0.1, 0.15) is 34.9 Å². The van der Waals surface area contributed by atoms with E-state index >= 15 is 0 Å². The number of hydrogen-bond acceptors (Lipinski definition) is 2. The van der Waals surface area contributed by atoms with Crippen molar-refractivity contribution in [2.45, 2.75) is 25.4 Å². The van der Waals surface area contributed by atoms with Crippen LogP contribution in [0.2, 0.25) is 0 Å². The number of halogens is 1. The van der Waals surface area contributed by atoms with E-state index in [1.807, 2.05) is 25.4 Å². The van der Waals surface area contributed by atoms with E-state index in [9.17, 15) is 4.79 Å². The van der Waals surface area contributed by atoms with Crippen molar-refractivity contribution in [3.05, 3.63) is 44.8 Å². The van der Waals surface area contributed by atoms with Crippen LogP contribution in [0.15, 0.2) is 33.6 Å². The summed E-state index contributed by atoms with van der Waals surface area (Å²) < 4.78 is 3.22. The first-order valence-electron chi connectivity index (χ1n) is 6.30. The summed E-state index contributed by atoms with van der Waals surface area (Å²) in [5.74, 6) is 0.0965. The molecule has 0 unspecified atom stereocenters. The van der Waals surface area contributed by atoms with Gasteiger partial charge >= 0.3 is 0 Å². The zero-order valence-corrected chi connectivity index (χ0v) is 13.1. The Kier molecular flexibility index (Phi) is 3.50. The van der Waals surface area contributed by atoms with Gasteiger partial charge in [-0.2, -0.15) is 0 Å². The van der Waals surface area contributed by atoms with E-state index in [1.54, 1.807) is 16.2 Å². The van der Waals surface area contributed by atoms with Gasteiger partial charge in [-0.15, -0.1) is 11.3 Å². The largest absolute Gasteiger partial charge is 0.340 e. The maximum atomic E-state index is 12.5. The van der Waals surface area contributed by atoms with Crippen molar-refractivity contribution in [2.75, 3.05) is 7.05 Å². The maximum absolute atomic E-state index is 12.5. The Bertz CT molecular complexity index is 600. The first-order chi connectivity index (χ1) is 9.15. The number of carbonyl (C=O) groups is 1. The van der Waals surface area contributed by atoms with E-state index in [4.69, 9.17) is 0 Å². The zero-order chi connectivity index (χ0) is 13.4. The number of aromatic nitrogens is 1. The van der Waals surface area contributed by atoms with Crippen molar-refractivity contribution >= 4 is 33.2 Å². The number of rotatable bonds is 4. The molecule has 1 fully saturated rings. The molecule has 1 amide bonds. The van der Waals surface area contributed by atoms with Crippen LogP contribution in [0.4, 0.5) is 0 Å². The Morgan fingerprint density at radius 2 is 2.37 bits per heavy atom. The van der Waals surface area contributed by atoms with Crippen molar-refractivity contribution in [2.24, 2.45) is 0 Å². The Balaban J connectivity index is 1.73. The summed E-state index contributed by atoms with van der Waals surface area (Å²) in [6.45, 7) is 0.650. The molecule has 3 rings (SSSR count). The van der Waals surface area contributed by atoms with Gasteiger partial charge in [0.25, 0.3) is 5.91 Å². The predicted molar refractivity (Wildman–Crippen MR) is 80.5 cm³/mol. The summed E-state index contributed by atoms with van der Waals surface area (Å²) in [6, 6.07) is 6.48. The van der Waals surface area contributed by atoms with E-state index in [0.717, 1.165) is 15.0 Å². The molecule has 0 saturated heterocycles. The number of amides is 1. The van der Waals surface area contributed by atoms with E-state index in [0.29, 0.717) is 12.6 Å².